The van der Waals surface area contributed by atoms with Crippen LogP contribution in [0.2, 0.25) is 5.02 Å². The topological polar surface area (TPSA) is 18.5 Å². The molecule has 2 rings (SSSR count). The normalized spacial score (nSPS) is 16.7. The van der Waals surface area contributed by atoms with Crippen LogP contribution in [0.25, 0.3) is 0 Å². The molecule has 21 heavy (non-hydrogen) atoms. The maximum absolute atomic E-state index is 6.49. The van der Waals surface area contributed by atoms with Gasteiger partial charge in [0.2, 0.25) is 0 Å². The largest absolute Gasteiger partial charge is 0.368 e. The first-order chi connectivity index (χ1) is 10.1. The van der Waals surface area contributed by atoms with E-state index in [0.29, 0.717) is 5.92 Å². The van der Waals surface area contributed by atoms with Crippen molar-refractivity contribution in [2.24, 2.45) is 5.92 Å². The zero-order valence-corrected chi connectivity index (χ0v) is 14.3. The molecule has 0 aliphatic carbocycles. The highest BCUT2D eigenvalue weighted by atomic mass is 35.5. The predicted molar refractivity (Wildman–Crippen MR) is 92.3 cm³/mol. The van der Waals surface area contributed by atoms with Gasteiger partial charge in [-0.3, -0.25) is 0 Å². The monoisotopic (exact) mass is 309 g/mol. The Morgan fingerprint density at radius 3 is 2.48 bits per heavy atom. The summed E-state index contributed by atoms with van der Waals surface area (Å²) in [6.07, 6.45) is 0. The smallest absolute Gasteiger partial charge is 0.0642 e. The van der Waals surface area contributed by atoms with Crippen molar-refractivity contribution >= 4 is 17.3 Å². The molecule has 1 aromatic carbocycles. The molecular weight excluding hydrogens is 282 g/mol. The Balaban J connectivity index is 1.93. The van der Waals surface area contributed by atoms with Gasteiger partial charge < -0.3 is 15.1 Å². The van der Waals surface area contributed by atoms with E-state index in [-0.39, 0.29) is 0 Å². The highest BCUT2D eigenvalue weighted by Gasteiger charge is 2.17. The van der Waals surface area contributed by atoms with E-state index in [2.05, 4.69) is 54.1 Å². The van der Waals surface area contributed by atoms with Crippen LogP contribution >= 0.6 is 11.6 Å². The number of piperazine rings is 1. The maximum atomic E-state index is 6.49. The first-order valence-electron chi connectivity index (χ1n) is 8.06. The molecule has 1 fully saturated rings. The van der Waals surface area contributed by atoms with Crippen molar-refractivity contribution < 1.29 is 0 Å². The van der Waals surface area contributed by atoms with Gasteiger partial charge in [-0.15, -0.1) is 0 Å². The van der Waals surface area contributed by atoms with Crippen molar-refractivity contribution in [3.05, 3.63) is 28.8 Å². The minimum atomic E-state index is 0.676. The fourth-order valence-corrected chi connectivity index (χ4v) is 3.05. The maximum Gasteiger partial charge on any atom is 0.0642 e. The lowest BCUT2D eigenvalue weighted by Gasteiger charge is -2.36. The number of hydrogen-bond acceptors (Lipinski definition) is 3. The van der Waals surface area contributed by atoms with Crippen molar-refractivity contribution in [3.8, 4) is 0 Å². The Kier molecular flexibility index (Phi) is 6.34. The third-order valence-electron chi connectivity index (χ3n) is 4.05. The number of benzene rings is 1. The first kappa shape index (κ1) is 16.6. The molecule has 0 saturated carbocycles. The molecule has 0 bridgehead atoms. The van der Waals surface area contributed by atoms with Crippen molar-refractivity contribution in [2.45, 2.75) is 27.3 Å². The molecule has 1 aliphatic heterocycles. The van der Waals surface area contributed by atoms with E-state index in [4.69, 9.17) is 11.6 Å². The lowest BCUT2D eigenvalue weighted by molar-refractivity contribution is 0.271. The predicted octanol–water partition coefficient (Wildman–Crippen LogP) is 3.23. The second-order valence-electron chi connectivity index (χ2n) is 6.23. The lowest BCUT2D eigenvalue weighted by Crippen LogP contribution is -2.46. The zero-order chi connectivity index (χ0) is 15.2. The summed E-state index contributed by atoms with van der Waals surface area (Å²) in [5.41, 5.74) is 2.44. The van der Waals surface area contributed by atoms with Crippen molar-refractivity contribution in [2.75, 3.05) is 44.2 Å². The van der Waals surface area contributed by atoms with Crippen molar-refractivity contribution in [1.82, 2.24) is 10.2 Å². The molecule has 1 aliphatic rings. The van der Waals surface area contributed by atoms with Gasteiger partial charge in [0.15, 0.2) is 0 Å². The van der Waals surface area contributed by atoms with E-state index < -0.39 is 0 Å². The summed E-state index contributed by atoms with van der Waals surface area (Å²) in [6, 6.07) is 6.48. The van der Waals surface area contributed by atoms with Crippen LogP contribution in [0, 0.1) is 5.92 Å². The van der Waals surface area contributed by atoms with E-state index in [1.54, 1.807) is 0 Å². The molecule has 1 N–H and O–H groups in total. The number of likely N-dealkylation sites (N-methyl/N-ethyl adjacent to an activating group) is 1. The van der Waals surface area contributed by atoms with E-state index in [1.807, 2.05) is 0 Å². The van der Waals surface area contributed by atoms with E-state index in [0.717, 1.165) is 50.8 Å². The van der Waals surface area contributed by atoms with Gasteiger partial charge in [0.05, 0.1) is 10.7 Å². The number of rotatable bonds is 6. The molecule has 0 atom stereocenters. The van der Waals surface area contributed by atoms with Crippen LogP contribution in [0.3, 0.4) is 0 Å². The molecule has 3 nitrogen and oxygen atoms in total. The Morgan fingerprint density at radius 1 is 1.19 bits per heavy atom. The number of nitrogens with zero attached hydrogens (tertiary/aromatic N) is 2. The molecule has 1 aromatic rings. The van der Waals surface area contributed by atoms with Gasteiger partial charge in [-0.1, -0.05) is 38.4 Å². The molecule has 4 heteroatoms. The van der Waals surface area contributed by atoms with Crippen LogP contribution < -0.4 is 10.2 Å². The van der Waals surface area contributed by atoms with Crippen LogP contribution in [0.1, 0.15) is 26.3 Å². The summed E-state index contributed by atoms with van der Waals surface area (Å²) < 4.78 is 0. The van der Waals surface area contributed by atoms with Gasteiger partial charge in [-0.05, 0) is 36.7 Å². The van der Waals surface area contributed by atoms with Crippen LogP contribution in [-0.2, 0) is 6.54 Å². The summed E-state index contributed by atoms with van der Waals surface area (Å²) in [6.45, 7) is 14.1. The first-order valence-corrected chi connectivity index (χ1v) is 8.44. The SMILES string of the molecule is CCN1CCN(c2ccc(CNCC(C)C)cc2Cl)CC1. The number of halogens is 1. The standard InChI is InChI=1S/C17H28ClN3/c1-4-20-7-9-21(10-8-20)17-6-5-15(11-16(17)18)13-19-12-14(2)3/h5-6,11,14,19H,4,7-10,12-13H2,1-3H3. The summed E-state index contributed by atoms with van der Waals surface area (Å²) in [7, 11) is 0. The molecule has 0 radical (unpaired) electrons. The summed E-state index contributed by atoms with van der Waals surface area (Å²) >= 11 is 6.49. The highest BCUT2D eigenvalue weighted by Crippen LogP contribution is 2.27. The summed E-state index contributed by atoms with van der Waals surface area (Å²) in [4.78, 5) is 4.88. The average molecular weight is 310 g/mol. The fraction of sp³-hybridized carbons (Fsp3) is 0.647. The highest BCUT2D eigenvalue weighted by molar-refractivity contribution is 6.33. The molecule has 0 spiro atoms. The van der Waals surface area contributed by atoms with Gasteiger partial charge in [0, 0.05) is 32.7 Å². The van der Waals surface area contributed by atoms with Gasteiger partial charge in [-0.2, -0.15) is 0 Å². The minimum Gasteiger partial charge on any atom is -0.368 e. The summed E-state index contributed by atoms with van der Waals surface area (Å²) in [5.74, 6) is 0.676. The van der Waals surface area contributed by atoms with E-state index >= 15 is 0 Å². The average Bonchev–Trinajstić information content (AvgIpc) is 2.47. The molecule has 1 heterocycles. The van der Waals surface area contributed by atoms with Crippen LogP contribution in [-0.4, -0.2) is 44.2 Å². The minimum absolute atomic E-state index is 0.676. The third-order valence-corrected chi connectivity index (χ3v) is 4.36. The Morgan fingerprint density at radius 2 is 1.90 bits per heavy atom. The number of hydrogen-bond donors (Lipinski definition) is 1. The van der Waals surface area contributed by atoms with Gasteiger partial charge in [0.25, 0.3) is 0 Å². The van der Waals surface area contributed by atoms with Crippen molar-refractivity contribution in [3.63, 3.8) is 0 Å². The van der Waals surface area contributed by atoms with Gasteiger partial charge in [0.1, 0.15) is 0 Å². The molecule has 0 amide bonds. The second kappa shape index (κ2) is 8.02. The fourth-order valence-electron chi connectivity index (χ4n) is 2.73. The van der Waals surface area contributed by atoms with Gasteiger partial charge >= 0.3 is 0 Å². The second-order valence-corrected chi connectivity index (χ2v) is 6.64. The summed E-state index contributed by atoms with van der Waals surface area (Å²) in [5, 5.41) is 4.34. The molecule has 1 saturated heterocycles. The molecular formula is C17H28ClN3. The molecule has 0 aromatic heterocycles. The zero-order valence-electron chi connectivity index (χ0n) is 13.5. The van der Waals surface area contributed by atoms with E-state index in [9.17, 15) is 0 Å². The quantitative estimate of drug-likeness (QED) is 0.870. The Labute approximate surface area is 134 Å². The van der Waals surface area contributed by atoms with E-state index in [1.165, 1.54) is 11.3 Å². The molecule has 118 valence electrons. The Hall–Kier alpha value is -0.770. The Bertz CT molecular complexity index is 440. The van der Waals surface area contributed by atoms with Crippen LogP contribution in [0.4, 0.5) is 5.69 Å². The molecule has 0 unspecified atom stereocenters. The van der Waals surface area contributed by atoms with Crippen LogP contribution in [0.15, 0.2) is 18.2 Å². The number of anilines is 1. The van der Waals surface area contributed by atoms with Crippen molar-refractivity contribution in [1.29, 1.82) is 0 Å². The van der Waals surface area contributed by atoms with Crippen LogP contribution in [0.5, 0.6) is 0 Å². The third kappa shape index (κ3) is 4.87. The lowest BCUT2D eigenvalue weighted by atomic mass is 10.1. The van der Waals surface area contributed by atoms with Gasteiger partial charge in [-0.25, -0.2) is 0 Å². The number of nitrogens with one attached hydrogen (secondary N) is 1.